The summed E-state index contributed by atoms with van der Waals surface area (Å²) in [4.78, 5) is 8.38. The van der Waals surface area contributed by atoms with Crippen LogP contribution in [-0.2, 0) is 4.74 Å². The van der Waals surface area contributed by atoms with E-state index in [1.165, 1.54) is 17.1 Å². The van der Waals surface area contributed by atoms with Crippen LogP contribution in [0.15, 0.2) is 12.5 Å². The summed E-state index contributed by atoms with van der Waals surface area (Å²) in [5, 5.41) is 42.5. The first-order valence-electron chi connectivity index (χ1n) is 7.62. The molecule has 0 spiro atoms. The molecule has 3 rings (SSSR count). The van der Waals surface area contributed by atoms with E-state index in [4.69, 9.17) is 4.74 Å². The van der Waals surface area contributed by atoms with Gasteiger partial charge >= 0.3 is 0 Å². The summed E-state index contributed by atoms with van der Waals surface area (Å²) in [6.07, 6.45) is -1.47. The minimum Gasteiger partial charge on any atom is -0.394 e. The molecule has 9 heteroatoms. The molecule has 1 saturated heterocycles. The van der Waals surface area contributed by atoms with Crippen LogP contribution in [0, 0.1) is 11.3 Å². The highest BCUT2D eigenvalue weighted by Gasteiger charge is 2.44. The van der Waals surface area contributed by atoms with Crippen LogP contribution in [0.2, 0.25) is 0 Å². The number of rotatable bonds is 4. The molecule has 4 N–H and O–H groups in total. The monoisotopic (exact) mass is 333 g/mol. The molecule has 2 aromatic rings. The molecule has 0 aliphatic carbocycles. The Hall–Kier alpha value is -2.25. The van der Waals surface area contributed by atoms with Gasteiger partial charge in [-0.3, -0.25) is 0 Å². The number of ether oxygens (including phenoxy) is 1. The first kappa shape index (κ1) is 16.6. The molecule has 2 aromatic heterocycles. The van der Waals surface area contributed by atoms with Crippen LogP contribution >= 0.6 is 0 Å². The summed E-state index contributed by atoms with van der Waals surface area (Å²) in [5.74, 6) is 0.511. The van der Waals surface area contributed by atoms with Gasteiger partial charge in [0.15, 0.2) is 6.23 Å². The second-order valence-corrected chi connectivity index (χ2v) is 6.01. The topological polar surface area (TPSA) is 136 Å². The highest BCUT2D eigenvalue weighted by Crippen LogP contribution is 2.34. The third-order valence-corrected chi connectivity index (χ3v) is 3.95. The number of nitrogens with zero attached hydrogens (tertiary/aromatic N) is 4. The number of hydrogen-bond acceptors (Lipinski definition) is 8. The van der Waals surface area contributed by atoms with Gasteiger partial charge in [-0.05, 0) is 13.8 Å². The number of hydrogen-bond donors (Lipinski definition) is 4. The van der Waals surface area contributed by atoms with Crippen molar-refractivity contribution in [3.05, 3.63) is 18.1 Å². The summed E-state index contributed by atoms with van der Waals surface area (Å²) in [6, 6.07) is 2.19. The molecule has 0 radical (unpaired) electrons. The van der Waals surface area contributed by atoms with E-state index in [1.807, 2.05) is 13.8 Å². The summed E-state index contributed by atoms with van der Waals surface area (Å²) in [6.45, 7) is 3.47. The van der Waals surface area contributed by atoms with Gasteiger partial charge in [-0.25, -0.2) is 9.97 Å². The molecule has 0 aromatic carbocycles. The van der Waals surface area contributed by atoms with Crippen LogP contribution in [0.3, 0.4) is 0 Å². The van der Waals surface area contributed by atoms with Crippen molar-refractivity contribution >= 4 is 16.9 Å². The third-order valence-electron chi connectivity index (χ3n) is 3.95. The minimum absolute atomic E-state index is 0.104. The average molecular weight is 333 g/mol. The van der Waals surface area contributed by atoms with Gasteiger partial charge in [-0.15, -0.1) is 0 Å². The smallest absolute Gasteiger partial charge is 0.164 e. The van der Waals surface area contributed by atoms with Gasteiger partial charge in [0.05, 0.1) is 17.6 Å². The van der Waals surface area contributed by atoms with Crippen molar-refractivity contribution in [3.63, 3.8) is 0 Å². The predicted octanol–water partition coefficient (Wildman–Crippen LogP) is -0.265. The fraction of sp³-hybridized carbons (Fsp3) is 0.533. The Balaban J connectivity index is 2.12. The summed E-state index contributed by atoms with van der Waals surface area (Å²) < 4.78 is 7.02. The van der Waals surface area contributed by atoms with Crippen molar-refractivity contribution in [3.8, 4) is 6.07 Å². The second kappa shape index (κ2) is 6.33. The van der Waals surface area contributed by atoms with Crippen molar-refractivity contribution in [2.45, 2.75) is 44.4 Å². The molecule has 0 amide bonds. The van der Waals surface area contributed by atoms with E-state index >= 15 is 0 Å². The number of fused-ring (bicyclic) bond motifs is 1. The molecule has 24 heavy (non-hydrogen) atoms. The van der Waals surface area contributed by atoms with E-state index in [0.29, 0.717) is 22.4 Å². The van der Waals surface area contributed by atoms with Gasteiger partial charge in [-0.1, -0.05) is 0 Å². The van der Waals surface area contributed by atoms with Gasteiger partial charge in [-0.2, -0.15) is 5.26 Å². The first-order valence-corrected chi connectivity index (χ1v) is 7.62. The van der Waals surface area contributed by atoms with Crippen molar-refractivity contribution in [1.82, 2.24) is 14.5 Å². The van der Waals surface area contributed by atoms with Crippen LogP contribution in [-0.4, -0.2) is 60.8 Å². The quantitative estimate of drug-likeness (QED) is 0.600. The Morgan fingerprint density at radius 2 is 2.12 bits per heavy atom. The lowest BCUT2D eigenvalue weighted by Crippen LogP contribution is -2.33. The Bertz CT molecular complexity index is 784. The van der Waals surface area contributed by atoms with Crippen LogP contribution in [0.4, 0.5) is 5.82 Å². The Morgan fingerprint density at radius 1 is 1.38 bits per heavy atom. The van der Waals surface area contributed by atoms with Gasteiger partial charge in [0.2, 0.25) is 0 Å². The first-order chi connectivity index (χ1) is 11.5. The maximum Gasteiger partial charge on any atom is 0.164 e. The number of anilines is 1. The van der Waals surface area contributed by atoms with Crippen LogP contribution in [0.5, 0.6) is 0 Å². The summed E-state index contributed by atoms with van der Waals surface area (Å²) in [7, 11) is 0. The molecule has 0 unspecified atom stereocenters. The number of aromatic nitrogens is 3. The SMILES string of the molecule is CC(C)Nc1ncnc2c1c(C#N)cn2[C@@H]1O[C@H](CO)[C@@H](O)[C@H]1O. The number of aliphatic hydroxyl groups is 3. The molecule has 9 nitrogen and oxygen atoms in total. The maximum absolute atomic E-state index is 10.2. The highest BCUT2D eigenvalue weighted by atomic mass is 16.6. The van der Waals surface area contributed by atoms with E-state index < -0.39 is 31.1 Å². The van der Waals surface area contributed by atoms with Crippen LogP contribution < -0.4 is 5.32 Å². The van der Waals surface area contributed by atoms with Crippen molar-refractivity contribution < 1.29 is 20.1 Å². The molecule has 1 fully saturated rings. The predicted molar refractivity (Wildman–Crippen MR) is 84.0 cm³/mol. The Labute approximate surface area is 138 Å². The van der Waals surface area contributed by atoms with Crippen molar-refractivity contribution in [2.24, 2.45) is 0 Å². The van der Waals surface area contributed by atoms with Gasteiger partial charge < -0.3 is 29.9 Å². The summed E-state index contributed by atoms with van der Waals surface area (Å²) in [5.41, 5.74) is 0.728. The molecule has 128 valence electrons. The fourth-order valence-electron chi connectivity index (χ4n) is 2.86. The Kier molecular flexibility index (Phi) is 4.38. The molecule has 3 heterocycles. The third kappa shape index (κ3) is 2.59. The zero-order valence-electron chi connectivity index (χ0n) is 13.3. The molecule has 1 aliphatic rings. The van der Waals surface area contributed by atoms with Gasteiger partial charge in [0, 0.05) is 12.2 Å². The highest BCUT2D eigenvalue weighted by molar-refractivity contribution is 5.93. The van der Waals surface area contributed by atoms with E-state index in [-0.39, 0.29) is 6.04 Å². The number of nitriles is 1. The molecular formula is C15H19N5O4. The van der Waals surface area contributed by atoms with E-state index in [2.05, 4.69) is 21.4 Å². The zero-order chi connectivity index (χ0) is 17.4. The normalized spacial score (nSPS) is 26.9. The molecular weight excluding hydrogens is 314 g/mol. The van der Waals surface area contributed by atoms with E-state index in [9.17, 15) is 20.6 Å². The summed E-state index contributed by atoms with van der Waals surface area (Å²) >= 11 is 0. The Morgan fingerprint density at radius 3 is 2.71 bits per heavy atom. The van der Waals surface area contributed by atoms with Crippen molar-refractivity contribution in [1.29, 1.82) is 5.26 Å². The minimum atomic E-state index is -1.25. The average Bonchev–Trinajstić information content (AvgIpc) is 3.06. The van der Waals surface area contributed by atoms with Crippen LogP contribution in [0.1, 0.15) is 25.6 Å². The number of aliphatic hydroxyl groups excluding tert-OH is 3. The maximum atomic E-state index is 10.2. The van der Waals surface area contributed by atoms with Crippen molar-refractivity contribution in [2.75, 3.05) is 11.9 Å². The molecule has 4 atom stereocenters. The molecule has 1 aliphatic heterocycles. The fourth-order valence-corrected chi connectivity index (χ4v) is 2.86. The lowest BCUT2D eigenvalue weighted by molar-refractivity contribution is -0.0508. The second-order valence-electron chi connectivity index (χ2n) is 6.01. The largest absolute Gasteiger partial charge is 0.394 e. The number of nitrogens with one attached hydrogen (secondary N) is 1. The van der Waals surface area contributed by atoms with Gasteiger partial charge in [0.1, 0.15) is 42.2 Å². The van der Waals surface area contributed by atoms with E-state index in [1.54, 1.807) is 0 Å². The van der Waals surface area contributed by atoms with E-state index in [0.717, 1.165) is 0 Å². The van der Waals surface area contributed by atoms with Gasteiger partial charge in [0.25, 0.3) is 0 Å². The molecule has 0 bridgehead atoms. The lowest BCUT2D eigenvalue weighted by Gasteiger charge is -2.17. The zero-order valence-corrected chi connectivity index (χ0v) is 13.3. The standard InChI is InChI=1S/C15H19N5O4/c1-7(2)19-13-10-8(3-16)4-20(14(10)18-6-17-13)15-12(23)11(22)9(5-21)24-15/h4,6-7,9,11-12,15,21-23H,5H2,1-2H3,(H,17,18,19)/t9-,11-,12-,15-/m1/s1. The molecule has 0 saturated carbocycles. The van der Waals surface area contributed by atoms with Crippen LogP contribution in [0.25, 0.3) is 11.0 Å². The lowest BCUT2D eigenvalue weighted by atomic mass is 10.1.